The summed E-state index contributed by atoms with van der Waals surface area (Å²) >= 11 is 0. The molecule has 0 bridgehead atoms. The van der Waals surface area contributed by atoms with Crippen molar-refractivity contribution in [3.63, 3.8) is 0 Å². The summed E-state index contributed by atoms with van der Waals surface area (Å²) in [5, 5.41) is 12.1. The van der Waals surface area contributed by atoms with Crippen molar-refractivity contribution in [3.05, 3.63) is 17.0 Å². The Morgan fingerprint density at radius 1 is 1.64 bits per heavy atom. The minimum atomic E-state index is -0.959. The highest BCUT2D eigenvalue weighted by atomic mass is 16.4. The Labute approximate surface area is 81.5 Å². The molecule has 0 aliphatic carbocycles. The number of carboxylic acids is 1. The van der Waals surface area contributed by atoms with Gasteiger partial charge in [-0.3, -0.25) is 0 Å². The lowest BCUT2D eigenvalue weighted by molar-refractivity contribution is 0.0687. The summed E-state index contributed by atoms with van der Waals surface area (Å²) in [4.78, 5) is 10.9. The van der Waals surface area contributed by atoms with Crippen LogP contribution in [0.5, 0.6) is 0 Å². The number of nitrogens with one attached hydrogen (secondary N) is 1. The lowest BCUT2D eigenvalue weighted by Gasteiger charge is -2.14. The maximum absolute atomic E-state index is 10.9. The molecule has 14 heavy (non-hydrogen) atoms. The fraction of sp³-hybridized carbons (Fsp3) is 0.444. The minimum absolute atomic E-state index is 0.207. The molecule has 1 aromatic heterocycles. The molecule has 0 radical (unpaired) electrons. The number of carbonyl (C=O) groups is 1. The van der Waals surface area contributed by atoms with Gasteiger partial charge in [0.25, 0.3) is 0 Å². The van der Waals surface area contributed by atoms with Crippen LogP contribution in [0.25, 0.3) is 0 Å². The first-order valence-corrected chi connectivity index (χ1v) is 4.53. The summed E-state index contributed by atoms with van der Waals surface area (Å²) in [5.41, 5.74) is 8.38. The molecule has 0 amide bonds. The second kappa shape index (κ2) is 3.02. The molecule has 0 atom stereocenters. The number of fused-ring (bicyclic) bond motifs is 1. The number of anilines is 1. The van der Waals surface area contributed by atoms with E-state index in [0.717, 1.165) is 24.2 Å². The van der Waals surface area contributed by atoms with Crippen molar-refractivity contribution in [1.82, 2.24) is 9.88 Å². The van der Waals surface area contributed by atoms with Gasteiger partial charge in [-0.05, 0) is 0 Å². The molecular formula is C9H13N3O2. The number of hydrogen-bond acceptors (Lipinski definition) is 3. The van der Waals surface area contributed by atoms with Crippen LogP contribution >= 0.6 is 0 Å². The summed E-state index contributed by atoms with van der Waals surface area (Å²) < 4.78 is 1.69. The highest BCUT2D eigenvalue weighted by Gasteiger charge is 2.24. The number of nitrogen functional groups attached to an aromatic ring is 1. The van der Waals surface area contributed by atoms with E-state index in [0.29, 0.717) is 12.2 Å². The van der Waals surface area contributed by atoms with E-state index in [1.807, 2.05) is 0 Å². The minimum Gasteiger partial charge on any atom is -0.477 e. The second-order valence-electron chi connectivity index (χ2n) is 3.48. The third-order valence-corrected chi connectivity index (χ3v) is 2.71. The van der Waals surface area contributed by atoms with E-state index < -0.39 is 5.97 Å². The third-order valence-electron chi connectivity index (χ3n) is 2.71. The van der Waals surface area contributed by atoms with Gasteiger partial charge >= 0.3 is 5.97 Å². The summed E-state index contributed by atoms with van der Waals surface area (Å²) in [7, 11) is 1.75. The normalized spacial score (nSPS) is 15.2. The average molecular weight is 195 g/mol. The molecular weight excluding hydrogens is 182 g/mol. The Hall–Kier alpha value is -1.49. The predicted molar refractivity (Wildman–Crippen MR) is 52.2 cm³/mol. The van der Waals surface area contributed by atoms with Gasteiger partial charge in [0.1, 0.15) is 0 Å². The molecule has 0 fully saturated rings. The van der Waals surface area contributed by atoms with E-state index in [9.17, 15) is 4.79 Å². The van der Waals surface area contributed by atoms with E-state index >= 15 is 0 Å². The van der Waals surface area contributed by atoms with Gasteiger partial charge < -0.3 is 20.7 Å². The largest absolute Gasteiger partial charge is 0.477 e. The zero-order valence-corrected chi connectivity index (χ0v) is 8.00. The number of nitrogens with two attached hydrogens (primary N) is 1. The van der Waals surface area contributed by atoms with Gasteiger partial charge in [-0.2, -0.15) is 0 Å². The van der Waals surface area contributed by atoms with Crippen LogP contribution in [0.4, 0.5) is 5.69 Å². The molecule has 1 aromatic rings. The van der Waals surface area contributed by atoms with Crippen molar-refractivity contribution in [3.8, 4) is 0 Å². The van der Waals surface area contributed by atoms with Crippen LogP contribution < -0.4 is 11.1 Å². The van der Waals surface area contributed by atoms with E-state index in [2.05, 4.69) is 5.32 Å². The molecule has 0 saturated heterocycles. The lowest BCUT2D eigenvalue weighted by Crippen LogP contribution is -2.24. The number of carboxylic acid groups (broad SMARTS) is 1. The molecule has 5 heteroatoms. The lowest BCUT2D eigenvalue weighted by atomic mass is 10.1. The smallest absolute Gasteiger partial charge is 0.354 e. The highest BCUT2D eigenvalue weighted by Crippen LogP contribution is 2.26. The first-order valence-electron chi connectivity index (χ1n) is 4.53. The van der Waals surface area contributed by atoms with E-state index in [1.54, 1.807) is 11.6 Å². The maximum atomic E-state index is 10.9. The van der Waals surface area contributed by atoms with E-state index in [4.69, 9.17) is 10.8 Å². The fourth-order valence-electron chi connectivity index (χ4n) is 2.01. The molecule has 1 aliphatic rings. The number of rotatable bonds is 1. The molecule has 1 aliphatic heterocycles. The molecule has 2 heterocycles. The first kappa shape index (κ1) is 9.08. The molecule has 4 N–H and O–H groups in total. The Morgan fingerprint density at radius 2 is 2.36 bits per heavy atom. The van der Waals surface area contributed by atoms with Crippen LogP contribution in [0.15, 0.2) is 0 Å². The van der Waals surface area contributed by atoms with Crippen LogP contribution in [0, 0.1) is 0 Å². The Morgan fingerprint density at radius 3 is 2.93 bits per heavy atom. The van der Waals surface area contributed by atoms with Crippen molar-refractivity contribution >= 4 is 11.7 Å². The quantitative estimate of drug-likeness (QED) is 0.587. The predicted octanol–water partition coefficient (Wildman–Crippen LogP) is -0.0488. The van der Waals surface area contributed by atoms with Crippen molar-refractivity contribution in [1.29, 1.82) is 0 Å². The zero-order chi connectivity index (χ0) is 10.3. The van der Waals surface area contributed by atoms with Gasteiger partial charge in [0.2, 0.25) is 0 Å². The number of aromatic carboxylic acids is 1. The van der Waals surface area contributed by atoms with Crippen LogP contribution in [-0.4, -0.2) is 22.2 Å². The summed E-state index contributed by atoms with van der Waals surface area (Å²) in [5.74, 6) is -0.959. The summed E-state index contributed by atoms with van der Waals surface area (Å²) in [6.45, 7) is 1.55. The molecule has 0 aromatic carbocycles. The monoisotopic (exact) mass is 195 g/mol. The standard InChI is InChI=1S/C9H13N3O2/c1-12-6-2-3-11-4-5(6)7(10)8(12)9(13)14/h11H,2-4,10H2,1H3,(H,13,14). The van der Waals surface area contributed by atoms with Gasteiger partial charge in [-0.15, -0.1) is 0 Å². The Bertz CT molecular complexity index is 366. The fourth-order valence-corrected chi connectivity index (χ4v) is 2.01. The average Bonchev–Trinajstić information content (AvgIpc) is 2.41. The molecule has 0 unspecified atom stereocenters. The maximum Gasteiger partial charge on any atom is 0.354 e. The highest BCUT2D eigenvalue weighted by molar-refractivity contribution is 5.93. The van der Waals surface area contributed by atoms with Crippen molar-refractivity contribution in [2.75, 3.05) is 12.3 Å². The molecule has 5 nitrogen and oxygen atoms in total. The van der Waals surface area contributed by atoms with Gasteiger partial charge in [-0.25, -0.2) is 4.79 Å². The van der Waals surface area contributed by atoms with Crippen molar-refractivity contribution in [2.45, 2.75) is 13.0 Å². The number of aromatic nitrogens is 1. The Kier molecular flexibility index (Phi) is 1.96. The first-order chi connectivity index (χ1) is 6.63. The number of hydrogen-bond donors (Lipinski definition) is 3. The SMILES string of the molecule is Cn1c2c(c(N)c1C(=O)O)CNCC2. The summed E-state index contributed by atoms with van der Waals surface area (Å²) in [6.07, 6.45) is 0.837. The van der Waals surface area contributed by atoms with Crippen LogP contribution in [0.1, 0.15) is 21.7 Å². The van der Waals surface area contributed by atoms with Gasteiger partial charge in [0, 0.05) is 37.8 Å². The van der Waals surface area contributed by atoms with Crippen molar-refractivity contribution < 1.29 is 9.90 Å². The molecule has 2 rings (SSSR count). The summed E-state index contributed by atoms with van der Waals surface area (Å²) in [6, 6.07) is 0. The molecule has 0 saturated carbocycles. The van der Waals surface area contributed by atoms with Gasteiger partial charge in [0.05, 0.1) is 5.69 Å². The van der Waals surface area contributed by atoms with Crippen LogP contribution in [0.2, 0.25) is 0 Å². The van der Waals surface area contributed by atoms with Gasteiger partial charge in [0.15, 0.2) is 5.69 Å². The third kappa shape index (κ3) is 1.09. The van der Waals surface area contributed by atoms with E-state index in [1.165, 1.54) is 0 Å². The molecule has 76 valence electrons. The van der Waals surface area contributed by atoms with Gasteiger partial charge in [-0.1, -0.05) is 0 Å². The number of nitrogens with zero attached hydrogens (tertiary/aromatic N) is 1. The molecule has 0 spiro atoms. The second-order valence-corrected chi connectivity index (χ2v) is 3.48. The Balaban J connectivity index is 2.63. The van der Waals surface area contributed by atoms with Crippen LogP contribution in [0.3, 0.4) is 0 Å². The van der Waals surface area contributed by atoms with E-state index in [-0.39, 0.29) is 5.69 Å². The van der Waals surface area contributed by atoms with Crippen LogP contribution in [-0.2, 0) is 20.0 Å². The zero-order valence-electron chi connectivity index (χ0n) is 8.00. The van der Waals surface area contributed by atoms with Crippen molar-refractivity contribution in [2.24, 2.45) is 7.05 Å². The topological polar surface area (TPSA) is 80.3 Å².